The number of fused-ring (bicyclic) bond motifs is 1. The summed E-state index contributed by atoms with van der Waals surface area (Å²) in [4.78, 5) is 0. The number of hydrogen-bond acceptors (Lipinski definition) is 1. The first-order valence-corrected chi connectivity index (χ1v) is 8.70. The third-order valence-corrected chi connectivity index (χ3v) is 5.36. The summed E-state index contributed by atoms with van der Waals surface area (Å²) in [5.41, 5.74) is 5.94. The van der Waals surface area contributed by atoms with E-state index in [-0.39, 0.29) is 5.92 Å². The molecule has 3 aromatic rings. The molecule has 0 spiro atoms. The van der Waals surface area contributed by atoms with Crippen LogP contribution in [-0.4, -0.2) is 7.11 Å². The number of methoxy groups -OCH3 is 1. The van der Waals surface area contributed by atoms with E-state index >= 15 is 0 Å². The first-order valence-electron chi connectivity index (χ1n) is 8.70. The van der Waals surface area contributed by atoms with E-state index in [0.29, 0.717) is 0 Å². The smallest absolute Gasteiger partial charge is 0.101 e. The Morgan fingerprint density at radius 2 is 1.36 bits per heavy atom. The number of benzene rings is 3. The predicted octanol–water partition coefficient (Wildman–Crippen LogP) is 5.89. The van der Waals surface area contributed by atoms with Gasteiger partial charge in [-0.1, -0.05) is 91.0 Å². The lowest BCUT2D eigenvalue weighted by atomic mass is 9.75. The Balaban J connectivity index is 1.92. The molecule has 1 nitrogen and oxygen atoms in total. The van der Waals surface area contributed by atoms with E-state index in [2.05, 4.69) is 97.9 Å². The molecule has 0 fully saturated rings. The van der Waals surface area contributed by atoms with Crippen LogP contribution in [0.2, 0.25) is 0 Å². The van der Waals surface area contributed by atoms with Gasteiger partial charge in [-0.2, -0.15) is 0 Å². The van der Waals surface area contributed by atoms with Crippen molar-refractivity contribution in [3.05, 3.63) is 107 Å². The quantitative estimate of drug-likeness (QED) is 0.581. The second-order valence-electron chi connectivity index (χ2n) is 6.70. The Labute approximate surface area is 149 Å². The Kier molecular flexibility index (Phi) is 4.03. The zero-order valence-electron chi connectivity index (χ0n) is 14.6. The molecule has 1 aliphatic rings. The van der Waals surface area contributed by atoms with Crippen LogP contribution in [0.3, 0.4) is 0 Å². The van der Waals surface area contributed by atoms with Crippen molar-refractivity contribution < 1.29 is 4.74 Å². The van der Waals surface area contributed by atoms with Crippen molar-refractivity contribution >= 4 is 11.6 Å². The van der Waals surface area contributed by atoms with E-state index < -0.39 is 5.60 Å². The highest BCUT2D eigenvalue weighted by Gasteiger charge is 2.42. The van der Waals surface area contributed by atoms with Crippen molar-refractivity contribution in [1.29, 1.82) is 0 Å². The third kappa shape index (κ3) is 2.61. The molecule has 3 aromatic carbocycles. The van der Waals surface area contributed by atoms with Gasteiger partial charge in [-0.05, 0) is 34.8 Å². The average Bonchev–Trinajstić information content (AvgIpc) is 3.09. The van der Waals surface area contributed by atoms with Crippen LogP contribution in [0.4, 0.5) is 0 Å². The molecule has 2 unspecified atom stereocenters. The average molecular weight is 326 g/mol. The zero-order valence-corrected chi connectivity index (χ0v) is 14.6. The molecule has 4 rings (SSSR count). The minimum Gasteiger partial charge on any atom is -0.373 e. The molecular weight excluding hydrogens is 304 g/mol. The molecule has 0 aromatic heterocycles. The summed E-state index contributed by atoms with van der Waals surface area (Å²) >= 11 is 0. The summed E-state index contributed by atoms with van der Waals surface area (Å²) in [5.74, 6) is 0.151. The van der Waals surface area contributed by atoms with Crippen LogP contribution in [0, 0.1) is 0 Å². The summed E-state index contributed by atoms with van der Waals surface area (Å²) in [7, 11) is 1.82. The molecule has 0 saturated carbocycles. The second kappa shape index (κ2) is 6.34. The fraction of sp³-hybridized carbons (Fsp3) is 0.167. The maximum Gasteiger partial charge on any atom is 0.101 e. The molecule has 1 aliphatic carbocycles. The maximum atomic E-state index is 6.18. The first-order chi connectivity index (χ1) is 12.2. The highest BCUT2D eigenvalue weighted by atomic mass is 16.5. The van der Waals surface area contributed by atoms with Gasteiger partial charge in [0.25, 0.3) is 0 Å². The van der Waals surface area contributed by atoms with Gasteiger partial charge in [0, 0.05) is 13.0 Å². The van der Waals surface area contributed by atoms with Gasteiger partial charge in [-0.15, -0.1) is 0 Å². The third-order valence-electron chi connectivity index (χ3n) is 5.36. The van der Waals surface area contributed by atoms with Gasteiger partial charge in [-0.3, -0.25) is 0 Å². The van der Waals surface area contributed by atoms with E-state index in [1.165, 1.54) is 27.8 Å². The van der Waals surface area contributed by atoms with E-state index in [0.717, 1.165) is 0 Å². The second-order valence-corrected chi connectivity index (χ2v) is 6.70. The van der Waals surface area contributed by atoms with Crippen LogP contribution >= 0.6 is 0 Å². The molecule has 0 heterocycles. The molecule has 0 bridgehead atoms. The van der Waals surface area contributed by atoms with E-state index in [9.17, 15) is 0 Å². The van der Waals surface area contributed by atoms with Crippen molar-refractivity contribution in [2.24, 2.45) is 0 Å². The van der Waals surface area contributed by atoms with Crippen molar-refractivity contribution in [2.75, 3.05) is 7.11 Å². The van der Waals surface area contributed by atoms with Gasteiger partial charge >= 0.3 is 0 Å². The van der Waals surface area contributed by atoms with E-state index in [4.69, 9.17) is 4.74 Å². The highest BCUT2D eigenvalue weighted by molar-refractivity contribution is 5.92. The summed E-state index contributed by atoms with van der Waals surface area (Å²) in [6.45, 7) is 2.20. The number of ether oxygens (including phenoxy) is 1. The lowest BCUT2D eigenvalue weighted by molar-refractivity contribution is -0.00762. The minimum atomic E-state index is -0.435. The van der Waals surface area contributed by atoms with Crippen molar-refractivity contribution in [1.82, 2.24) is 0 Å². The molecule has 1 heteroatoms. The highest BCUT2D eigenvalue weighted by Crippen LogP contribution is 2.52. The van der Waals surface area contributed by atoms with Gasteiger partial charge in [-0.25, -0.2) is 0 Å². The summed E-state index contributed by atoms with van der Waals surface area (Å²) < 4.78 is 6.18. The molecule has 0 aliphatic heterocycles. The predicted molar refractivity (Wildman–Crippen MR) is 104 cm³/mol. The topological polar surface area (TPSA) is 9.23 Å². The van der Waals surface area contributed by atoms with E-state index in [1.807, 2.05) is 7.11 Å². The molecule has 0 N–H and O–H groups in total. The largest absolute Gasteiger partial charge is 0.373 e. The molecule has 25 heavy (non-hydrogen) atoms. The van der Waals surface area contributed by atoms with Crippen LogP contribution < -0.4 is 0 Å². The number of hydrogen-bond donors (Lipinski definition) is 0. The SMILES string of the molecule is COC(C)(c1ccccc1)C1C(c2ccccc2)=Cc2ccccc21. The molecule has 124 valence electrons. The molecule has 0 saturated heterocycles. The van der Waals surface area contributed by atoms with Gasteiger partial charge < -0.3 is 4.74 Å². The normalized spacial score (nSPS) is 18.3. The molecule has 0 amide bonds. The molecular formula is C24H22O. The standard InChI is InChI=1S/C24H22O/c1-24(25-2,20-14-7-4-8-15-20)23-21-16-10-9-13-19(21)17-22(23)18-11-5-3-6-12-18/h3-17,23H,1-2H3. The van der Waals surface area contributed by atoms with Crippen LogP contribution in [0.15, 0.2) is 84.9 Å². The lowest BCUT2D eigenvalue weighted by Gasteiger charge is -2.37. The summed E-state index contributed by atoms with van der Waals surface area (Å²) in [5, 5.41) is 0. The van der Waals surface area contributed by atoms with Crippen LogP contribution in [0.1, 0.15) is 35.1 Å². The Hall–Kier alpha value is -2.64. The number of rotatable bonds is 4. The lowest BCUT2D eigenvalue weighted by Crippen LogP contribution is -2.32. The van der Waals surface area contributed by atoms with Crippen molar-refractivity contribution in [3.63, 3.8) is 0 Å². The van der Waals surface area contributed by atoms with Gasteiger partial charge in [0.1, 0.15) is 5.60 Å². The Morgan fingerprint density at radius 1 is 0.760 bits per heavy atom. The van der Waals surface area contributed by atoms with Gasteiger partial charge in [0.15, 0.2) is 0 Å². The van der Waals surface area contributed by atoms with E-state index in [1.54, 1.807) is 0 Å². The molecule has 0 radical (unpaired) electrons. The maximum absolute atomic E-state index is 6.18. The summed E-state index contributed by atoms with van der Waals surface area (Å²) in [6.07, 6.45) is 2.32. The first kappa shape index (κ1) is 15.9. The van der Waals surface area contributed by atoms with Crippen molar-refractivity contribution in [2.45, 2.75) is 18.4 Å². The fourth-order valence-corrected chi connectivity index (χ4v) is 3.97. The van der Waals surface area contributed by atoms with Crippen LogP contribution in [0.5, 0.6) is 0 Å². The van der Waals surface area contributed by atoms with Crippen molar-refractivity contribution in [3.8, 4) is 0 Å². The molecule has 2 atom stereocenters. The van der Waals surface area contributed by atoms with Crippen LogP contribution in [0.25, 0.3) is 11.6 Å². The fourth-order valence-electron chi connectivity index (χ4n) is 3.97. The monoisotopic (exact) mass is 326 g/mol. The Morgan fingerprint density at radius 3 is 2.04 bits per heavy atom. The minimum absolute atomic E-state index is 0.151. The van der Waals surface area contributed by atoms with Gasteiger partial charge in [0.2, 0.25) is 0 Å². The Bertz CT molecular complexity index is 896. The summed E-state index contributed by atoms with van der Waals surface area (Å²) in [6, 6.07) is 29.8. The van der Waals surface area contributed by atoms with Gasteiger partial charge in [0.05, 0.1) is 0 Å². The zero-order chi connectivity index (χ0) is 17.3. The van der Waals surface area contributed by atoms with Crippen LogP contribution in [-0.2, 0) is 10.3 Å².